The van der Waals surface area contributed by atoms with Crippen molar-refractivity contribution in [1.29, 1.82) is 0 Å². The Balaban J connectivity index is 1.92. The van der Waals surface area contributed by atoms with Gasteiger partial charge in [-0.25, -0.2) is 0 Å². The second-order valence-corrected chi connectivity index (χ2v) is 5.45. The van der Waals surface area contributed by atoms with Crippen molar-refractivity contribution in [2.24, 2.45) is 0 Å². The predicted molar refractivity (Wildman–Crippen MR) is 74.3 cm³/mol. The van der Waals surface area contributed by atoms with E-state index in [0.717, 1.165) is 31.7 Å². The van der Waals surface area contributed by atoms with Crippen molar-refractivity contribution < 1.29 is 22.7 Å². The lowest BCUT2D eigenvalue weighted by atomic mass is 9.97. The highest BCUT2D eigenvalue weighted by Crippen LogP contribution is 2.29. The molecule has 0 aliphatic heterocycles. The van der Waals surface area contributed by atoms with Crippen molar-refractivity contribution >= 4 is 11.7 Å². The largest absolute Gasteiger partial charge is 0.432 e. The van der Waals surface area contributed by atoms with Crippen LogP contribution in [-0.4, -0.2) is 28.3 Å². The molecule has 0 bridgehead atoms. The maximum Gasteiger partial charge on any atom is 0.432 e. The number of hydrogen-bond donors (Lipinski definition) is 2. The average Bonchev–Trinajstić information content (AvgIpc) is 2.94. The van der Waals surface area contributed by atoms with Crippen LogP contribution in [0.25, 0.3) is 0 Å². The highest BCUT2D eigenvalue weighted by Gasteiger charge is 2.33. The molecular weight excluding hydrogens is 299 g/mol. The number of anilines is 1. The third-order valence-electron chi connectivity index (χ3n) is 3.71. The Morgan fingerprint density at radius 3 is 2.68 bits per heavy atom. The van der Waals surface area contributed by atoms with Gasteiger partial charge in [-0.1, -0.05) is 26.2 Å². The van der Waals surface area contributed by atoms with Gasteiger partial charge in [0.1, 0.15) is 11.8 Å². The van der Waals surface area contributed by atoms with Crippen LogP contribution in [0.3, 0.4) is 0 Å². The molecule has 1 aliphatic rings. The SMILES string of the molecule is CCC(OC1CCCCC1)C(=O)Nc1cc(C(F)(F)F)[nH]n1. The zero-order chi connectivity index (χ0) is 16.2. The van der Waals surface area contributed by atoms with E-state index in [2.05, 4.69) is 10.4 Å². The third kappa shape index (κ3) is 4.46. The summed E-state index contributed by atoms with van der Waals surface area (Å²) in [7, 11) is 0. The molecule has 1 heterocycles. The van der Waals surface area contributed by atoms with E-state index >= 15 is 0 Å². The lowest BCUT2D eigenvalue weighted by Gasteiger charge is -2.26. The maximum absolute atomic E-state index is 12.5. The van der Waals surface area contributed by atoms with Gasteiger partial charge in [0.25, 0.3) is 5.91 Å². The van der Waals surface area contributed by atoms with Crippen LogP contribution in [0.1, 0.15) is 51.1 Å². The molecule has 1 aromatic heterocycles. The monoisotopic (exact) mass is 319 g/mol. The van der Waals surface area contributed by atoms with E-state index in [4.69, 9.17) is 4.74 Å². The first-order valence-corrected chi connectivity index (χ1v) is 7.49. The summed E-state index contributed by atoms with van der Waals surface area (Å²) in [5.74, 6) is -0.615. The van der Waals surface area contributed by atoms with Crippen LogP contribution in [0.2, 0.25) is 0 Å². The van der Waals surface area contributed by atoms with Crippen molar-refractivity contribution in [2.45, 2.75) is 63.8 Å². The molecule has 0 saturated heterocycles. The highest BCUT2D eigenvalue weighted by atomic mass is 19.4. The first-order chi connectivity index (χ1) is 10.4. The summed E-state index contributed by atoms with van der Waals surface area (Å²) in [5.41, 5.74) is -0.996. The molecule has 124 valence electrons. The van der Waals surface area contributed by atoms with Crippen LogP contribution in [0, 0.1) is 0 Å². The number of aromatic amines is 1. The Bertz CT molecular complexity index is 496. The Kier molecular flexibility index (Phi) is 5.44. The number of nitrogens with one attached hydrogen (secondary N) is 2. The fraction of sp³-hybridized carbons (Fsp3) is 0.714. The number of carbonyl (C=O) groups excluding carboxylic acids is 1. The summed E-state index contributed by atoms with van der Waals surface area (Å²) >= 11 is 0. The summed E-state index contributed by atoms with van der Waals surface area (Å²) in [5, 5.41) is 7.68. The number of nitrogens with zero attached hydrogens (tertiary/aromatic N) is 1. The smallest absolute Gasteiger partial charge is 0.365 e. The molecule has 22 heavy (non-hydrogen) atoms. The minimum atomic E-state index is -4.52. The van der Waals surface area contributed by atoms with Crippen molar-refractivity contribution in [3.8, 4) is 0 Å². The second-order valence-electron chi connectivity index (χ2n) is 5.45. The summed E-state index contributed by atoms with van der Waals surface area (Å²) < 4.78 is 43.2. The Morgan fingerprint density at radius 1 is 1.45 bits per heavy atom. The summed E-state index contributed by atoms with van der Waals surface area (Å²) in [6.45, 7) is 1.80. The molecule has 1 amide bonds. The summed E-state index contributed by atoms with van der Waals surface area (Å²) in [6.07, 6.45) is 0.500. The number of H-pyrrole nitrogens is 1. The molecule has 0 spiro atoms. The van der Waals surface area contributed by atoms with Crippen LogP contribution in [0.4, 0.5) is 19.0 Å². The van der Waals surface area contributed by atoms with E-state index in [9.17, 15) is 18.0 Å². The standard InChI is InChI=1S/C14H20F3N3O2/c1-2-10(22-9-6-4-3-5-7-9)13(21)18-12-8-11(19-20-12)14(15,16)17/h8-10H,2-7H2,1H3,(H2,18,19,20,21). The van der Waals surface area contributed by atoms with E-state index < -0.39 is 23.9 Å². The molecular formula is C14H20F3N3O2. The van der Waals surface area contributed by atoms with Gasteiger partial charge in [-0.2, -0.15) is 18.3 Å². The van der Waals surface area contributed by atoms with Crippen LogP contribution in [0.5, 0.6) is 0 Å². The van der Waals surface area contributed by atoms with Gasteiger partial charge in [0, 0.05) is 6.07 Å². The summed E-state index contributed by atoms with van der Waals surface area (Å²) in [6, 6.07) is 0.769. The average molecular weight is 319 g/mol. The first-order valence-electron chi connectivity index (χ1n) is 7.49. The zero-order valence-electron chi connectivity index (χ0n) is 12.4. The highest BCUT2D eigenvalue weighted by molar-refractivity contribution is 5.93. The van der Waals surface area contributed by atoms with Gasteiger partial charge in [0.2, 0.25) is 0 Å². The van der Waals surface area contributed by atoms with Crippen molar-refractivity contribution in [1.82, 2.24) is 10.2 Å². The van der Waals surface area contributed by atoms with Crippen LogP contribution in [-0.2, 0) is 15.7 Å². The second kappa shape index (κ2) is 7.13. The number of rotatable bonds is 5. The Morgan fingerprint density at radius 2 is 2.14 bits per heavy atom. The van der Waals surface area contributed by atoms with E-state index in [0.29, 0.717) is 6.42 Å². The van der Waals surface area contributed by atoms with Gasteiger partial charge in [-0.05, 0) is 19.3 Å². The molecule has 1 atom stereocenters. The minimum Gasteiger partial charge on any atom is -0.365 e. The number of amides is 1. The lowest BCUT2D eigenvalue weighted by Crippen LogP contribution is -2.34. The topological polar surface area (TPSA) is 67.0 Å². The van der Waals surface area contributed by atoms with E-state index in [1.54, 1.807) is 6.92 Å². The molecule has 1 fully saturated rings. The number of alkyl halides is 3. The normalized spacial score (nSPS) is 18.2. The third-order valence-corrected chi connectivity index (χ3v) is 3.71. The molecule has 2 N–H and O–H groups in total. The quantitative estimate of drug-likeness (QED) is 0.873. The van der Waals surface area contributed by atoms with Gasteiger partial charge >= 0.3 is 6.18 Å². The van der Waals surface area contributed by atoms with Gasteiger partial charge in [-0.15, -0.1) is 0 Å². The summed E-state index contributed by atoms with van der Waals surface area (Å²) in [4.78, 5) is 12.1. The van der Waals surface area contributed by atoms with Gasteiger partial charge < -0.3 is 10.1 Å². The fourth-order valence-electron chi connectivity index (χ4n) is 2.51. The molecule has 8 heteroatoms. The van der Waals surface area contributed by atoms with Crippen LogP contribution in [0.15, 0.2) is 6.07 Å². The molecule has 1 aliphatic carbocycles. The number of aromatic nitrogens is 2. The van der Waals surface area contributed by atoms with Crippen LogP contribution >= 0.6 is 0 Å². The number of hydrogen-bond acceptors (Lipinski definition) is 3. The van der Waals surface area contributed by atoms with Gasteiger partial charge in [0.05, 0.1) is 6.10 Å². The fourth-order valence-corrected chi connectivity index (χ4v) is 2.51. The van der Waals surface area contributed by atoms with E-state index in [1.807, 2.05) is 5.10 Å². The number of carbonyl (C=O) groups is 1. The van der Waals surface area contributed by atoms with Crippen molar-refractivity contribution in [3.63, 3.8) is 0 Å². The molecule has 5 nitrogen and oxygen atoms in total. The first kappa shape index (κ1) is 16.8. The minimum absolute atomic E-state index is 0.0503. The van der Waals surface area contributed by atoms with Gasteiger partial charge in [0.15, 0.2) is 5.82 Å². The number of ether oxygens (including phenoxy) is 1. The Labute approximate surface area is 126 Å². The van der Waals surface area contributed by atoms with Crippen molar-refractivity contribution in [2.75, 3.05) is 5.32 Å². The molecule has 0 aromatic carbocycles. The lowest BCUT2D eigenvalue weighted by molar-refractivity contribution is -0.141. The molecule has 1 aromatic rings. The Hall–Kier alpha value is -1.57. The number of halogens is 3. The molecule has 0 radical (unpaired) electrons. The molecule has 1 saturated carbocycles. The molecule has 2 rings (SSSR count). The van der Waals surface area contributed by atoms with E-state index in [-0.39, 0.29) is 11.9 Å². The maximum atomic E-state index is 12.5. The molecule has 1 unspecified atom stereocenters. The predicted octanol–water partition coefficient (Wildman–Crippen LogP) is 3.49. The zero-order valence-corrected chi connectivity index (χ0v) is 12.4. The van der Waals surface area contributed by atoms with Crippen LogP contribution < -0.4 is 5.32 Å². The van der Waals surface area contributed by atoms with Crippen molar-refractivity contribution in [3.05, 3.63) is 11.8 Å². The van der Waals surface area contributed by atoms with E-state index in [1.165, 1.54) is 6.42 Å². The van der Waals surface area contributed by atoms with Gasteiger partial charge in [-0.3, -0.25) is 9.89 Å².